The van der Waals surface area contributed by atoms with Gasteiger partial charge in [-0.1, -0.05) is 48.6 Å². The van der Waals surface area contributed by atoms with E-state index in [1.54, 1.807) is 19.3 Å². The molecule has 0 spiro atoms. The maximum atomic E-state index is 13.8. The van der Waals surface area contributed by atoms with Gasteiger partial charge in [0, 0.05) is 11.5 Å². The van der Waals surface area contributed by atoms with Crippen molar-refractivity contribution in [1.82, 2.24) is 0 Å². The molecule has 1 heterocycles. The minimum atomic E-state index is -0.495. The zero-order chi connectivity index (χ0) is 22.8. The van der Waals surface area contributed by atoms with E-state index in [9.17, 15) is 4.79 Å². The Morgan fingerprint density at radius 3 is 2.15 bits per heavy atom. The summed E-state index contributed by atoms with van der Waals surface area (Å²) in [7, 11) is 3.27. The molecule has 5 nitrogen and oxygen atoms in total. The van der Waals surface area contributed by atoms with Crippen LogP contribution in [-0.4, -0.2) is 32.1 Å². The predicted molar refractivity (Wildman–Crippen MR) is 129 cm³/mol. The van der Waals surface area contributed by atoms with Crippen LogP contribution in [0.3, 0.4) is 0 Å². The Labute approximate surface area is 193 Å². The molecule has 33 heavy (non-hydrogen) atoms. The van der Waals surface area contributed by atoms with Crippen LogP contribution in [0.25, 0.3) is 6.08 Å². The number of hydrogen-bond donors (Lipinski definition) is 0. The zero-order valence-electron chi connectivity index (χ0n) is 18.5. The SMILES string of the molecule is COc1ccc(C=C2C=C[C@H]3ON(c4ccccc4)[C@H](C(=O)c4ccc(OC)cc4)[C@@H]23)cc1. The van der Waals surface area contributed by atoms with E-state index in [1.807, 2.05) is 84.9 Å². The van der Waals surface area contributed by atoms with Crippen molar-refractivity contribution in [1.29, 1.82) is 0 Å². The fourth-order valence-electron chi connectivity index (χ4n) is 4.46. The molecule has 3 atom stereocenters. The van der Waals surface area contributed by atoms with E-state index >= 15 is 0 Å². The summed E-state index contributed by atoms with van der Waals surface area (Å²) < 4.78 is 10.5. The van der Waals surface area contributed by atoms with Gasteiger partial charge in [0.1, 0.15) is 23.6 Å². The monoisotopic (exact) mass is 439 g/mol. The Kier molecular flexibility index (Phi) is 5.71. The van der Waals surface area contributed by atoms with E-state index in [4.69, 9.17) is 14.3 Å². The molecule has 5 heteroatoms. The van der Waals surface area contributed by atoms with Crippen molar-refractivity contribution in [3.05, 3.63) is 108 Å². The highest BCUT2D eigenvalue weighted by molar-refractivity contribution is 6.03. The highest BCUT2D eigenvalue weighted by Gasteiger charge is 2.50. The van der Waals surface area contributed by atoms with Crippen LogP contribution in [0.4, 0.5) is 5.69 Å². The fraction of sp³-hybridized carbons (Fsp3) is 0.179. The second-order valence-electron chi connectivity index (χ2n) is 8.07. The number of nitrogens with zero attached hydrogens (tertiary/aromatic N) is 1. The Balaban J connectivity index is 1.53. The second-order valence-corrected chi connectivity index (χ2v) is 8.07. The summed E-state index contributed by atoms with van der Waals surface area (Å²) in [5.74, 6) is 1.42. The number of methoxy groups -OCH3 is 2. The van der Waals surface area contributed by atoms with Crippen LogP contribution in [0.1, 0.15) is 15.9 Å². The van der Waals surface area contributed by atoms with Crippen LogP contribution in [0.15, 0.2) is 96.6 Å². The molecule has 0 aromatic heterocycles. The van der Waals surface area contributed by atoms with Crippen molar-refractivity contribution >= 4 is 17.5 Å². The molecule has 0 saturated carbocycles. The normalized spacial score (nSPS) is 22.4. The molecule has 2 aliphatic rings. The maximum Gasteiger partial charge on any atom is 0.188 e. The number of ketones is 1. The minimum absolute atomic E-state index is 0.0123. The number of Topliss-reactive ketones (excluding diaryl/α,β-unsaturated/α-hetero) is 1. The van der Waals surface area contributed by atoms with E-state index in [2.05, 4.69) is 12.2 Å². The highest BCUT2D eigenvalue weighted by atomic mass is 16.7. The summed E-state index contributed by atoms with van der Waals surface area (Å²) in [5, 5.41) is 1.77. The summed E-state index contributed by atoms with van der Waals surface area (Å²) in [4.78, 5) is 20.1. The topological polar surface area (TPSA) is 48.0 Å². The smallest absolute Gasteiger partial charge is 0.188 e. The largest absolute Gasteiger partial charge is 0.497 e. The lowest BCUT2D eigenvalue weighted by Gasteiger charge is -2.26. The van der Waals surface area contributed by atoms with E-state index in [1.165, 1.54) is 0 Å². The summed E-state index contributed by atoms with van der Waals surface area (Å²) in [6.07, 6.45) is 6.02. The average Bonchev–Trinajstić information content (AvgIpc) is 3.44. The summed E-state index contributed by atoms with van der Waals surface area (Å²) in [6.45, 7) is 0. The third-order valence-electron chi connectivity index (χ3n) is 6.15. The summed E-state index contributed by atoms with van der Waals surface area (Å²) >= 11 is 0. The maximum absolute atomic E-state index is 13.8. The highest BCUT2D eigenvalue weighted by Crippen LogP contribution is 2.43. The van der Waals surface area contributed by atoms with Gasteiger partial charge < -0.3 is 9.47 Å². The van der Waals surface area contributed by atoms with Crippen LogP contribution in [0.5, 0.6) is 11.5 Å². The van der Waals surface area contributed by atoms with Crippen LogP contribution in [-0.2, 0) is 4.84 Å². The van der Waals surface area contributed by atoms with Crippen LogP contribution in [0, 0.1) is 5.92 Å². The number of ether oxygens (including phenoxy) is 2. The molecule has 166 valence electrons. The van der Waals surface area contributed by atoms with E-state index in [-0.39, 0.29) is 17.8 Å². The van der Waals surface area contributed by atoms with Gasteiger partial charge in [0.25, 0.3) is 0 Å². The minimum Gasteiger partial charge on any atom is -0.497 e. The Morgan fingerprint density at radius 1 is 0.879 bits per heavy atom. The van der Waals surface area contributed by atoms with Gasteiger partial charge >= 0.3 is 0 Å². The molecule has 0 bridgehead atoms. The first-order valence-electron chi connectivity index (χ1n) is 10.9. The molecule has 0 unspecified atom stereocenters. The van der Waals surface area contributed by atoms with E-state index < -0.39 is 6.04 Å². The molecule has 3 aromatic rings. The van der Waals surface area contributed by atoms with Crippen LogP contribution in [0.2, 0.25) is 0 Å². The average molecular weight is 440 g/mol. The van der Waals surface area contributed by atoms with Gasteiger partial charge in [-0.3, -0.25) is 9.63 Å². The number of anilines is 1. The molecule has 5 rings (SSSR count). The predicted octanol–water partition coefficient (Wildman–Crippen LogP) is 5.35. The summed E-state index contributed by atoms with van der Waals surface area (Å²) in [5.41, 5.74) is 3.60. The molecule has 1 fully saturated rings. The fourth-order valence-corrected chi connectivity index (χ4v) is 4.46. The van der Waals surface area contributed by atoms with Gasteiger partial charge in [-0.05, 0) is 59.7 Å². The number of allylic oxidation sites excluding steroid dienone is 1. The first-order valence-corrected chi connectivity index (χ1v) is 10.9. The van der Waals surface area contributed by atoms with Crippen LogP contribution >= 0.6 is 0 Å². The lowest BCUT2D eigenvalue weighted by Crippen LogP contribution is -2.40. The van der Waals surface area contributed by atoms with E-state index in [0.717, 1.165) is 28.3 Å². The van der Waals surface area contributed by atoms with Gasteiger partial charge in [-0.15, -0.1) is 0 Å². The molecule has 0 N–H and O–H groups in total. The first-order chi connectivity index (χ1) is 16.2. The Morgan fingerprint density at radius 2 is 1.52 bits per heavy atom. The van der Waals surface area contributed by atoms with Gasteiger partial charge in [0.05, 0.1) is 19.9 Å². The lowest BCUT2D eigenvalue weighted by atomic mass is 9.86. The number of fused-ring (bicyclic) bond motifs is 1. The van der Waals surface area contributed by atoms with Crippen LogP contribution < -0.4 is 14.5 Å². The number of hydrogen-bond acceptors (Lipinski definition) is 5. The van der Waals surface area contributed by atoms with Crippen molar-refractivity contribution in [2.75, 3.05) is 19.3 Å². The standard InChI is InChI=1S/C28H25NO4/c1-31-23-13-8-19(9-14-23)18-21-12-17-25-26(21)27(29(33-25)22-6-4-3-5-7-22)28(30)20-10-15-24(32-2)16-11-20/h3-18,25-27H,1-2H3/t25-,26+,27+/m1/s1. The van der Waals surface area contributed by atoms with Crippen molar-refractivity contribution in [3.63, 3.8) is 0 Å². The van der Waals surface area contributed by atoms with Crippen molar-refractivity contribution in [2.24, 2.45) is 5.92 Å². The van der Waals surface area contributed by atoms with Gasteiger partial charge in [0.15, 0.2) is 5.78 Å². The van der Waals surface area contributed by atoms with Crippen molar-refractivity contribution in [2.45, 2.75) is 12.1 Å². The number of para-hydroxylation sites is 1. The van der Waals surface area contributed by atoms with Gasteiger partial charge in [-0.2, -0.15) is 0 Å². The molecular formula is C28H25NO4. The lowest BCUT2D eigenvalue weighted by molar-refractivity contribution is 0.0885. The Hall–Kier alpha value is -3.83. The number of hydroxylamine groups is 1. The quantitative estimate of drug-likeness (QED) is 0.485. The van der Waals surface area contributed by atoms with Crippen molar-refractivity contribution < 1.29 is 19.1 Å². The van der Waals surface area contributed by atoms with Gasteiger partial charge in [-0.25, -0.2) is 5.06 Å². The third kappa shape index (κ3) is 4.03. The number of carbonyl (C=O) groups excluding carboxylic acids is 1. The molecule has 1 aliphatic heterocycles. The molecule has 0 radical (unpaired) electrons. The molecule has 0 amide bonds. The molecule has 1 aliphatic carbocycles. The third-order valence-corrected chi connectivity index (χ3v) is 6.15. The number of rotatable bonds is 6. The zero-order valence-corrected chi connectivity index (χ0v) is 18.5. The molecule has 1 saturated heterocycles. The summed E-state index contributed by atoms with van der Waals surface area (Å²) in [6, 6.07) is 24.4. The Bertz CT molecular complexity index is 1180. The number of carbonyl (C=O) groups is 1. The van der Waals surface area contributed by atoms with Gasteiger partial charge in [0.2, 0.25) is 0 Å². The number of benzene rings is 3. The first kappa shape index (κ1) is 21.0. The second kappa shape index (κ2) is 8.96. The molecular weight excluding hydrogens is 414 g/mol. The molecule has 3 aromatic carbocycles. The van der Waals surface area contributed by atoms with Crippen molar-refractivity contribution in [3.8, 4) is 11.5 Å². The van der Waals surface area contributed by atoms with E-state index in [0.29, 0.717) is 5.56 Å².